The van der Waals surface area contributed by atoms with E-state index in [1.165, 1.54) is 16.7 Å². The Balaban J connectivity index is 2.05. The van der Waals surface area contributed by atoms with Gasteiger partial charge in [0.1, 0.15) is 12.4 Å². The van der Waals surface area contributed by atoms with Gasteiger partial charge in [-0.25, -0.2) is 0 Å². The summed E-state index contributed by atoms with van der Waals surface area (Å²) in [5, 5.41) is 0. The van der Waals surface area contributed by atoms with E-state index in [0.29, 0.717) is 6.61 Å². The minimum atomic E-state index is 0.0326. The second kappa shape index (κ2) is 5.89. The normalized spacial score (nSPS) is 12.2. The van der Waals surface area contributed by atoms with Gasteiger partial charge in [-0.05, 0) is 55.2 Å². The van der Waals surface area contributed by atoms with E-state index < -0.39 is 0 Å². The molecule has 0 aromatic heterocycles. The summed E-state index contributed by atoms with van der Waals surface area (Å²) in [5.41, 5.74) is 10.8. The Kier molecular flexibility index (Phi) is 4.23. The van der Waals surface area contributed by atoms with E-state index >= 15 is 0 Å². The van der Waals surface area contributed by atoms with Crippen LogP contribution < -0.4 is 10.5 Å². The molecule has 2 heteroatoms. The maximum atomic E-state index is 5.87. The van der Waals surface area contributed by atoms with Crippen molar-refractivity contribution in [2.75, 3.05) is 0 Å². The molecule has 0 aliphatic rings. The molecule has 2 aromatic rings. The van der Waals surface area contributed by atoms with Gasteiger partial charge in [0.2, 0.25) is 0 Å². The van der Waals surface area contributed by atoms with Crippen molar-refractivity contribution in [3.63, 3.8) is 0 Å². The first kappa shape index (κ1) is 13.6. The Morgan fingerprint density at radius 1 is 1.05 bits per heavy atom. The second-order valence-electron chi connectivity index (χ2n) is 5.07. The van der Waals surface area contributed by atoms with Crippen LogP contribution in [0.3, 0.4) is 0 Å². The Hall–Kier alpha value is -1.80. The summed E-state index contributed by atoms with van der Waals surface area (Å²) in [7, 11) is 0. The number of hydrogen-bond acceptors (Lipinski definition) is 2. The van der Waals surface area contributed by atoms with Crippen LogP contribution in [0, 0.1) is 13.8 Å². The zero-order chi connectivity index (χ0) is 13.8. The molecule has 100 valence electrons. The van der Waals surface area contributed by atoms with Crippen molar-refractivity contribution in [1.29, 1.82) is 0 Å². The molecular weight excluding hydrogens is 234 g/mol. The molecule has 0 radical (unpaired) electrons. The molecule has 0 unspecified atom stereocenters. The van der Waals surface area contributed by atoms with Crippen molar-refractivity contribution in [1.82, 2.24) is 0 Å². The highest BCUT2D eigenvalue weighted by Crippen LogP contribution is 2.19. The molecule has 0 fully saturated rings. The molecular formula is C17H21NO. The summed E-state index contributed by atoms with van der Waals surface area (Å²) in [4.78, 5) is 0. The molecule has 0 heterocycles. The second-order valence-corrected chi connectivity index (χ2v) is 5.07. The van der Waals surface area contributed by atoms with Gasteiger partial charge in [0.25, 0.3) is 0 Å². The van der Waals surface area contributed by atoms with E-state index in [1.54, 1.807) is 0 Å². The van der Waals surface area contributed by atoms with E-state index in [-0.39, 0.29) is 6.04 Å². The summed E-state index contributed by atoms with van der Waals surface area (Å²) in [6.45, 7) is 6.80. The van der Waals surface area contributed by atoms with Gasteiger partial charge >= 0.3 is 0 Å². The summed E-state index contributed by atoms with van der Waals surface area (Å²) >= 11 is 0. The molecule has 2 N–H and O–H groups in total. The lowest BCUT2D eigenvalue weighted by atomic mass is 10.1. The Labute approximate surface area is 115 Å². The van der Waals surface area contributed by atoms with Gasteiger partial charge in [0.15, 0.2) is 0 Å². The molecule has 2 rings (SSSR count). The highest BCUT2D eigenvalue weighted by Gasteiger charge is 2.02. The first-order valence-corrected chi connectivity index (χ1v) is 6.61. The summed E-state index contributed by atoms with van der Waals surface area (Å²) < 4.78 is 5.82. The van der Waals surface area contributed by atoms with Crippen LogP contribution in [0.2, 0.25) is 0 Å². The Morgan fingerprint density at radius 3 is 2.53 bits per heavy atom. The van der Waals surface area contributed by atoms with Gasteiger partial charge < -0.3 is 10.5 Å². The smallest absolute Gasteiger partial charge is 0.120 e. The zero-order valence-corrected chi connectivity index (χ0v) is 11.8. The van der Waals surface area contributed by atoms with Crippen LogP contribution in [0.25, 0.3) is 0 Å². The van der Waals surface area contributed by atoms with Gasteiger partial charge in [-0.3, -0.25) is 0 Å². The quantitative estimate of drug-likeness (QED) is 0.899. The maximum Gasteiger partial charge on any atom is 0.120 e. The highest BCUT2D eigenvalue weighted by molar-refractivity contribution is 5.32. The van der Waals surface area contributed by atoms with Crippen LogP contribution >= 0.6 is 0 Å². The number of hydrogen-bond donors (Lipinski definition) is 1. The SMILES string of the molecule is Cc1ccc(COc2cccc([C@@H](C)N)c2)cc1C. The van der Waals surface area contributed by atoms with Crippen LogP contribution in [0.15, 0.2) is 42.5 Å². The van der Waals surface area contributed by atoms with E-state index in [1.807, 2.05) is 31.2 Å². The largest absolute Gasteiger partial charge is 0.489 e. The fourth-order valence-corrected chi connectivity index (χ4v) is 1.95. The molecule has 0 saturated carbocycles. The fourth-order valence-electron chi connectivity index (χ4n) is 1.95. The standard InChI is InChI=1S/C17H21NO/c1-12-7-8-15(9-13(12)2)11-19-17-6-4-5-16(10-17)14(3)18/h4-10,14H,11,18H2,1-3H3/t14-/m1/s1. The van der Waals surface area contributed by atoms with Gasteiger partial charge in [-0.1, -0.05) is 30.3 Å². The van der Waals surface area contributed by atoms with Crippen molar-refractivity contribution >= 4 is 0 Å². The maximum absolute atomic E-state index is 5.87. The Bertz CT molecular complexity index is 561. The number of benzene rings is 2. The van der Waals surface area contributed by atoms with Gasteiger partial charge in [0.05, 0.1) is 0 Å². The van der Waals surface area contributed by atoms with E-state index in [0.717, 1.165) is 11.3 Å². The lowest BCUT2D eigenvalue weighted by molar-refractivity contribution is 0.305. The van der Waals surface area contributed by atoms with Crippen molar-refractivity contribution < 1.29 is 4.74 Å². The van der Waals surface area contributed by atoms with Crippen LogP contribution in [-0.4, -0.2) is 0 Å². The highest BCUT2D eigenvalue weighted by atomic mass is 16.5. The van der Waals surface area contributed by atoms with Crippen LogP contribution in [0.1, 0.15) is 35.2 Å². The molecule has 2 nitrogen and oxygen atoms in total. The molecule has 0 aliphatic carbocycles. The van der Waals surface area contributed by atoms with Crippen LogP contribution in [0.5, 0.6) is 5.75 Å². The van der Waals surface area contributed by atoms with Crippen molar-refractivity contribution in [3.05, 3.63) is 64.7 Å². The lowest BCUT2D eigenvalue weighted by Crippen LogP contribution is -2.05. The molecule has 0 saturated heterocycles. The average molecular weight is 255 g/mol. The average Bonchev–Trinajstić information content (AvgIpc) is 2.40. The lowest BCUT2D eigenvalue weighted by Gasteiger charge is -2.11. The molecule has 2 aromatic carbocycles. The molecule has 0 amide bonds. The van der Waals surface area contributed by atoms with Gasteiger partial charge in [0, 0.05) is 6.04 Å². The first-order chi connectivity index (χ1) is 9.06. The zero-order valence-electron chi connectivity index (χ0n) is 11.8. The minimum Gasteiger partial charge on any atom is -0.489 e. The summed E-state index contributed by atoms with van der Waals surface area (Å²) in [6, 6.07) is 14.4. The number of ether oxygens (including phenoxy) is 1. The molecule has 1 atom stereocenters. The van der Waals surface area contributed by atoms with Crippen molar-refractivity contribution in [2.45, 2.75) is 33.4 Å². The van der Waals surface area contributed by atoms with E-state index in [9.17, 15) is 0 Å². The fraction of sp³-hybridized carbons (Fsp3) is 0.294. The monoisotopic (exact) mass is 255 g/mol. The van der Waals surface area contributed by atoms with Crippen LogP contribution in [0.4, 0.5) is 0 Å². The van der Waals surface area contributed by atoms with E-state index in [2.05, 4.69) is 32.0 Å². The molecule has 0 spiro atoms. The number of nitrogens with two attached hydrogens (primary N) is 1. The summed E-state index contributed by atoms with van der Waals surface area (Å²) in [5.74, 6) is 0.869. The molecule has 0 aliphatic heterocycles. The third kappa shape index (κ3) is 3.58. The number of rotatable bonds is 4. The number of aryl methyl sites for hydroxylation is 2. The summed E-state index contributed by atoms with van der Waals surface area (Å²) in [6.07, 6.45) is 0. The third-order valence-corrected chi connectivity index (χ3v) is 3.36. The van der Waals surface area contributed by atoms with Gasteiger partial charge in [-0.15, -0.1) is 0 Å². The molecule has 19 heavy (non-hydrogen) atoms. The van der Waals surface area contributed by atoms with Crippen molar-refractivity contribution in [2.24, 2.45) is 5.73 Å². The molecule has 0 bridgehead atoms. The topological polar surface area (TPSA) is 35.2 Å². The van der Waals surface area contributed by atoms with Crippen molar-refractivity contribution in [3.8, 4) is 5.75 Å². The first-order valence-electron chi connectivity index (χ1n) is 6.61. The predicted octanol–water partition coefficient (Wildman–Crippen LogP) is 3.90. The van der Waals surface area contributed by atoms with E-state index in [4.69, 9.17) is 10.5 Å². The minimum absolute atomic E-state index is 0.0326. The van der Waals surface area contributed by atoms with Gasteiger partial charge in [-0.2, -0.15) is 0 Å². The third-order valence-electron chi connectivity index (χ3n) is 3.36. The Morgan fingerprint density at radius 2 is 1.84 bits per heavy atom. The van der Waals surface area contributed by atoms with Crippen LogP contribution in [-0.2, 0) is 6.61 Å². The predicted molar refractivity (Wildman–Crippen MR) is 79.3 cm³/mol.